The Bertz CT molecular complexity index is 1590. The molecule has 3 heterocycles. The first-order chi connectivity index (χ1) is 19.8. The summed E-state index contributed by atoms with van der Waals surface area (Å²) in [5.74, 6) is -4.07. The van der Waals surface area contributed by atoms with Gasteiger partial charge in [-0.15, -0.1) is 11.3 Å². The number of carboxylic acids is 1. The van der Waals surface area contributed by atoms with Gasteiger partial charge in [0.15, 0.2) is 16.6 Å². The molecule has 2 aliphatic rings. The van der Waals surface area contributed by atoms with E-state index in [4.69, 9.17) is 10.6 Å². The lowest BCUT2D eigenvalue weighted by molar-refractivity contribution is -0.178. The van der Waals surface area contributed by atoms with E-state index in [-0.39, 0.29) is 35.9 Å². The number of aromatic hydroxyl groups is 1. The average Bonchev–Trinajstić information content (AvgIpc) is 3.32. The molecule has 0 spiro atoms. The summed E-state index contributed by atoms with van der Waals surface area (Å²) in [6, 6.07) is -2.74. The van der Waals surface area contributed by atoms with Gasteiger partial charge in [0, 0.05) is 30.8 Å². The van der Waals surface area contributed by atoms with Gasteiger partial charge in [0.05, 0.1) is 24.5 Å². The summed E-state index contributed by atoms with van der Waals surface area (Å²) in [5, 5.41) is 40.6. The number of anilines is 1. The van der Waals surface area contributed by atoms with Gasteiger partial charge >= 0.3 is 12.0 Å². The highest BCUT2D eigenvalue weighted by Crippen LogP contribution is 2.36. The number of pyridine rings is 1. The third kappa shape index (κ3) is 6.05. The van der Waals surface area contributed by atoms with E-state index >= 15 is 0 Å². The molecule has 4 amide bonds. The molecule has 2 aromatic heterocycles. The fourth-order valence-electron chi connectivity index (χ4n) is 4.00. The number of nitrogens with zero attached hydrogens (tertiary/aromatic N) is 4. The van der Waals surface area contributed by atoms with Crippen molar-refractivity contribution in [3.8, 4) is 5.75 Å². The minimum atomic E-state index is -3.45. The first-order valence-electron chi connectivity index (χ1n) is 12.0. The Morgan fingerprint density at radius 3 is 2.55 bits per heavy atom. The van der Waals surface area contributed by atoms with Crippen molar-refractivity contribution in [2.45, 2.75) is 43.5 Å². The quantitative estimate of drug-likeness (QED) is 0.0413. The second kappa shape index (κ2) is 11.9. The number of carboxylic acid groups (broad SMARTS) is 1. The number of aromatic nitrogens is 2. The van der Waals surface area contributed by atoms with E-state index < -0.39 is 75.8 Å². The number of aliphatic carboxylic acids is 1. The van der Waals surface area contributed by atoms with Gasteiger partial charge in [-0.3, -0.25) is 14.4 Å². The number of thiol groups is 1. The first kappa shape index (κ1) is 30.0. The maximum atomic E-state index is 13.2. The molecule has 1 aliphatic carbocycles. The van der Waals surface area contributed by atoms with Gasteiger partial charge in [0.1, 0.15) is 11.7 Å². The molecular weight excluding hydrogens is 604 g/mol. The van der Waals surface area contributed by atoms with Crippen LogP contribution >= 0.6 is 11.3 Å². The van der Waals surface area contributed by atoms with E-state index in [1.807, 2.05) is 0 Å². The van der Waals surface area contributed by atoms with Gasteiger partial charge in [0.25, 0.3) is 11.8 Å². The SMILES string of the molecule is Nc1nc(/C(=N/OC2(C(=O)O)CCC2)C(=O)N[C@@H]2C(=O)N([SH](=O)=O)[C@@H]2CNC(=O)NCc2cc(=O)c(O)cn2O)cs1. The molecule has 2 atom stereocenters. The summed E-state index contributed by atoms with van der Waals surface area (Å²) < 4.78 is 24.2. The fraction of sp³-hybridized carbons (Fsp3) is 0.381. The van der Waals surface area contributed by atoms with Crippen LogP contribution in [0.25, 0.3) is 0 Å². The van der Waals surface area contributed by atoms with Crippen molar-refractivity contribution < 1.29 is 47.9 Å². The molecule has 0 radical (unpaired) electrons. The molecule has 1 aliphatic heterocycles. The third-order valence-corrected chi connectivity index (χ3v) is 8.01. The highest BCUT2D eigenvalue weighted by atomic mass is 32.2. The number of hydrogen-bond acceptors (Lipinski definition) is 14. The number of amides is 4. The van der Waals surface area contributed by atoms with E-state index in [0.29, 0.717) is 15.5 Å². The van der Waals surface area contributed by atoms with Crippen LogP contribution in [0.3, 0.4) is 0 Å². The Morgan fingerprint density at radius 1 is 1.26 bits per heavy atom. The van der Waals surface area contributed by atoms with Gasteiger partial charge in [-0.25, -0.2) is 27.3 Å². The number of thiazole rings is 1. The summed E-state index contributed by atoms with van der Waals surface area (Å²) in [4.78, 5) is 70.4. The summed E-state index contributed by atoms with van der Waals surface area (Å²) in [5.41, 5.74) is 2.51. The Morgan fingerprint density at radius 2 is 1.98 bits per heavy atom. The van der Waals surface area contributed by atoms with Crippen LogP contribution in [-0.4, -0.2) is 91.6 Å². The Kier molecular flexibility index (Phi) is 8.51. The molecular formula is C21H24N8O11S2. The van der Waals surface area contributed by atoms with Gasteiger partial charge < -0.3 is 41.9 Å². The zero-order chi connectivity index (χ0) is 30.8. The number of oxime groups is 1. The number of carbonyl (C=O) groups is 4. The van der Waals surface area contributed by atoms with Crippen LogP contribution in [0.2, 0.25) is 0 Å². The van der Waals surface area contributed by atoms with E-state index in [1.54, 1.807) is 0 Å². The monoisotopic (exact) mass is 628 g/mol. The molecule has 226 valence electrons. The largest absolute Gasteiger partial charge is 0.503 e. The number of nitrogen functional groups attached to an aromatic ring is 1. The van der Waals surface area contributed by atoms with Crippen molar-refractivity contribution in [2.75, 3.05) is 12.3 Å². The van der Waals surface area contributed by atoms with Gasteiger partial charge in [-0.1, -0.05) is 5.16 Å². The number of hydrogen-bond donors (Lipinski definition) is 8. The molecule has 0 unspecified atom stereocenters. The molecule has 0 aromatic carbocycles. The lowest BCUT2D eigenvalue weighted by Gasteiger charge is -2.43. The highest BCUT2D eigenvalue weighted by molar-refractivity contribution is 7.70. The van der Waals surface area contributed by atoms with Crippen LogP contribution in [0.15, 0.2) is 27.6 Å². The molecule has 0 bridgehead atoms. The standard InChI is InChI=1S/C21H24N8O11S2/c22-19-25-10(8-41-19)14(27-40-21(18(34)35)2-1-3-21)16(32)26-15-11(29(17(15)33)42(38)39)6-24-20(36)23-5-9-4-12(30)13(31)7-28(9)37/h4,7-8,11,15,31,37,42H,1-3,5-6H2,(H2,22,25)(H,26,32)(H,34,35)(H2,23,24,36)/b27-14-/t11-,15+/m1/s1. The molecule has 1 saturated heterocycles. The molecule has 1 saturated carbocycles. The zero-order valence-corrected chi connectivity index (χ0v) is 23.0. The minimum absolute atomic E-state index is 0.0509. The topological polar surface area (TPSA) is 285 Å². The number of urea groups is 1. The van der Waals surface area contributed by atoms with Crippen LogP contribution in [-0.2, 0) is 36.7 Å². The van der Waals surface area contributed by atoms with Crippen molar-refractivity contribution >= 4 is 56.9 Å². The van der Waals surface area contributed by atoms with E-state index in [2.05, 4.69) is 26.1 Å². The minimum Gasteiger partial charge on any atom is -0.503 e. The molecule has 2 aromatic rings. The van der Waals surface area contributed by atoms with Crippen LogP contribution in [0.5, 0.6) is 5.75 Å². The molecule has 19 nitrogen and oxygen atoms in total. The molecule has 8 N–H and O–H groups in total. The van der Waals surface area contributed by atoms with Gasteiger partial charge in [0.2, 0.25) is 21.9 Å². The Balaban J connectivity index is 1.45. The molecule has 42 heavy (non-hydrogen) atoms. The van der Waals surface area contributed by atoms with Crippen molar-refractivity contribution in [2.24, 2.45) is 5.16 Å². The maximum Gasteiger partial charge on any atom is 0.350 e. The van der Waals surface area contributed by atoms with Gasteiger partial charge in [-0.05, 0) is 6.42 Å². The lowest BCUT2D eigenvalue weighted by Crippen LogP contribution is -2.73. The first-order valence-corrected chi connectivity index (χ1v) is 14.0. The number of nitrogens with one attached hydrogen (secondary N) is 3. The van der Waals surface area contributed by atoms with Gasteiger partial charge in [-0.2, -0.15) is 4.73 Å². The summed E-state index contributed by atoms with van der Waals surface area (Å²) >= 11 is 0.948. The molecule has 2 fully saturated rings. The lowest BCUT2D eigenvalue weighted by atomic mass is 9.80. The molecule has 4 rings (SSSR count). The van der Waals surface area contributed by atoms with E-state index in [1.165, 1.54) is 5.38 Å². The van der Waals surface area contributed by atoms with Crippen LogP contribution in [0, 0.1) is 0 Å². The maximum absolute atomic E-state index is 13.2. The summed E-state index contributed by atoms with van der Waals surface area (Å²) in [6.45, 7) is -0.850. The Hall–Kier alpha value is -4.92. The van der Waals surface area contributed by atoms with Crippen molar-refractivity contribution in [3.63, 3.8) is 0 Å². The van der Waals surface area contributed by atoms with Crippen LogP contribution in [0.4, 0.5) is 9.93 Å². The predicted molar refractivity (Wildman–Crippen MR) is 141 cm³/mol. The predicted octanol–water partition coefficient (Wildman–Crippen LogP) is -2.72. The summed E-state index contributed by atoms with van der Waals surface area (Å²) in [7, 11) is -3.45. The van der Waals surface area contributed by atoms with Crippen molar-refractivity contribution in [1.82, 2.24) is 30.0 Å². The molecule has 21 heteroatoms. The highest BCUT2D eigenvalue weighted by Gasteiger charge is 2.51. The van der Waals surface area contributed by atoms with Crippen molar-refractivity contribution in [1.29, 1.82) is 0 Å². The normalized spacial score (nSPS) is 19.4. The van der Waals surface area contributed by atoms with Crippen LogP contribution < -0.4 is 27.1 Å². The number of rotatable bonds is 11. The Labute approximate surface area is 240 Å². The van der Waals surface area contributed by atoms with Crippen LogP contribution in [0.1, 0.15) is 30.7 Å². The second-order valence-electron chi connectivity index (χ2n) is 9.12. The average molecular weight is 629 g/mol. The van der Waals surface area contributed by atoms with E-state index in [0.717, 1.165) is 23.6 Å². The second-order valence-corrected chi connectivity index (χ2v) is 10.9. The smallest absolute Gasteiger partial charge is 0.350 e. The fourth-order valence-corrected chi connectivity index (χ4v) is 5.29. The zero-order valence-electron chi connectivity index (χ0n) is 21.3. The number of β-lactam (4-membered cyclic amide) rings is 1. The number of nitrogens with two attached hydrogens (primary N) is 1. The third-order valence-electron chi connectivity index (χ3n) is 6.49. The summed E-state index contributed by atoms with van der Waals surface area (Å²) in [6.07, 6.45) is 1.57. The van der Waals surface area contributed by atoms with E-state index in [9.17, 15) is 47.8 Å². The van der Waals surface area contributed by atoms with Crippen molar-refractivity contribution in [3.05, 3.63) is 39.3 Å². The number of carbonyl (C=O) groups excluding carboxylic acids is 3.